The van der Waals surface area contributed by atoms with Crippen LogP contribution in [0.2, 0.25) is 0 Å². The molecule has 224 valence electrons. The third-order valence-electron chi connectivity index (χ3n) is 8.97. The minimum Gasteiger partial charge on any atom is -0.384 e. The lowest BCUT2D eigenvalue weighted by molar-refractivity contribution is -0.125. The van der Waals surface area contributed by atoms with E-state index in [-0.39, 0.29) is 34.5 Å². The third kappa shape index (κ3) is 7.28. The Balaban J connectivity index is 1.16. The number of fused-ring (bicyclic) bond motifs is 1. The van der Waals surface area contributed by atoms with Crippen molar-refractivity contribution in [2.45, 2.75) is 75.1 Å². The number of aryl methyl sites for hydroxylation is 1. The molecule has 5 rings (SSSR count). The van der Waals surface area contributed by atoms with Crippen LogP contribution in [0.1, 0.15) is 63.1 Å². The number of nitriles is 1. The first kappa shape index (κ1) is 30.4. The smallest absolute Gasteiger partial charge is 0.240 e. The van der Waals surface area contributed by atoms with E-state index in [1.54, 1.807) is 11.8 Å². The van der Waals surface area contributed by atoms with Crippen LogP contribution in [0.25, 0.3) is 0 Å². The molecule has 42 heavy (non-hydrogen) atoms. The molecule has 0 spiro atoms. The molecule has 9 heteroatoms. The summed E-state index contributed by atoms with van der Waals surface area (Å²) < 4.78 is 0. The van der Waals surface area contributed by atoms with Gasteiger partial charge in [0, 0.05) is 42.2 Å². The Morgan fingerprint density at radius 1 is 1.10 bits per heavy atom. The van der Waals surface area contributed by atoms with Gasteiger partial charge < -0.3 is 20.9 Å². The van der Waals surface area contributed by atoms with Crippen LogP contribution in [0.15, 0.2) is 48.5 Å². The van der Waals surface area contributed by atoms with Gasteiger partial charge in [0.25, 0.3) is 0 Å². The number of rotatable bonds is 11. The Bertz CT molecular complexity index is 1280. The van der Waals surface area contributed by atoms with E-state index in [1.165, 1.54) is 24.0 Å². The van der Waals surface area contributed by atoms with Crippen molar-refractivity contribution in [3.05, 3.63) is 59.7 Å². The number of anilines is 2. The van der Waals surface area contributed by atoms with Gasteiger partial charge in [0.2, 0.25) is 11.8 Å². The second kappa shape index (κ2) is 14.4. The lowest BCUT2D eigenvalue weighted by Gasteiger charge is -2.31. The van der Waals surface area contributed by atoms with E-state index in [9.17, 15) is 14.9 Å². The molecule has 2 aliphatic heterocycles. The molecule has 0 bridgehead atoms. The van der Waals surface area contributed by atoms with Crippen LogP contribution in [-0.4, -0.2) is 71.0 Å². The Hall–Kier alpha value is -3.06. The van der Waals surface area contributed by atoms with Gasteiger partial charge in [-0.05, 0) is 88.0 Å². The van der Waals surface area contributed by atoms with Crippen molar-refractivity contribution in [1.82, 2.24) is 15.1 Å². The number of likely N-dealkylation sites (tertiary alicyclic amines) is 1. The summed E-state index contributed by atoms with van der Waals surface area (Å²) in [4.78, 5) is 30.7. The molecule has 2 heterocycles. The summed E-state index contributed by atoms with van der Waals surface area (Å²) in [5, 5.41) is 20.0. The normalized spacial score (nSPS) is 24.9. The van der Waals surface area contributed by atoms with Gasteiger partial charge in [0.1, 0.15) is 5.92 Å². The van der Waals surface area contributed by atoms with Crippen LogP contribution < -0.4 is 16.0 Å². The quantitative estimate of drug-likeness (QED) is 0.339. The molecule has 2 amide bonds. The number of carbonyl (C=O) groups excluding carboxylic acids is 2. The Morgan fingerprint density at radius 3 is 2.67 bits per heavy atom. The SMILES string of the molecule is CCN1C(C(C#N)C(=O)NC2CCCc3ccccc32)S[C@H](CNc2cccc(NC(=O)CCN3CCCC3)c2)C1C. The molecule has 0 saturated carbocycles. The molecule has 8 nitrogen and oxygen atoms in total. The van der Waals surface area contributed by atoms with Gasteiger partial charge in [-0.2, -0.15) is 5.26 Å². The summed E-state index contributed by atoms with van der Waals surface area (Å²) in [5.41, 5.74) is 4.20. The van der Waals surface area contributed by atoms with E-state index in [4.69, 9.17) is 0 Å². The molecule has 4 unspecified atom stereocenters. The Morgan fingerprint density at radius 2 is 1.88 bits per heavy atom. The monoisotopic (exact) mass is 588 g/mol. The van der Waals surface area contributed by atoms with Gasteiger partial charge in [0.15, 0.2) is 0 Å². The Labute approximate surface area is 254 Å². The number of amides is 2. The zero-order valence-electron chi connectivity index (χ0n) is 24.9. The maximum Gasteiger partial charge on any atom is 0.240 e. The number of benzene rings is 2. The topological polar surface area (TPSA) is 100 Å². The first-order valence-corrected chi connectivity index (χ1v) is 16.5. The van der Waals surface area contributed by atoms with E-state index in [2.05, 4.69) is 57.8 Å². The number of nitrogens with zero attached hydrogens (tertiary/aromatic N) is 3. The second-order valence-electron chi connectivity index (χ2n) is 11.7. The van der Waals surface area contributed by atoms with Crippen LogP contribution in [0.4, 0.5) is 11.4 Å². The van der Waals surface area contributed by atoms with Crippen molar-refractivity contribution in [3.63, 3.8) is 0 Å². The molecule has 0 aromatic heterocycles. The summed E-state index contributed by atoms with van der Waals surface area (Å²) in [5.74, 6) is -0.891. The highest BCUT2D eigenvalue weighted by atomic mass is 32.2. The average molecular weight is 589 g/mol. The largest absolute Gasteiger partial charge is 0.384 e. The predicted octanol–water partition coefficient (Wildman–Crippen LogP) is 5.01. The van der Waals surface area contributed by atoms with E-state index >= 15 is 0 Å². The van der Waals surface area contributed by atoms with Crippen molar-refractivity contribution in [2.75, 3.05) is 43.4 Å². The number of hydrogen-bond acceptors (Lipinski definition) is 7. The zero-order chi connectivity index (χ0) is 29.5. The molecule has 5 atom stereocenters. The van der Waals surface area contributed by atoms with Crippen molar-refractivity contribution >= 4 is 35.0 Å². The number of thioether (sulfide) groups is 1. The highest BCUT2D eigenvalue weighted by Crippen LogP contribution is 2.40. The minimum atomic E-state index is -0.754. The van der Waals surface area contributed by atoms with Gasteiger partial charge in [-0.1, -0.05) is 37.3 Å². The van der Waals surface area contributed by atoms with Gasteiger partial charge in [0.05, 0.1) is 17.5 Å². The fourth-order valence-corrected chi connectivity index (χ4v) is 8.37. The van der Waals surface area contributed by atoms with Crippen LogP contribution in [-0.2, 0) is 16.0 Å². The Kier molecular flexibility index (Phi) is 10.4. The minimum absolute atomic E-state index is 0.0392. The third-order valence-corrected chi connectivity index (χ3v) is 10.7. The van der Waals surface area contributed by atoms with Crippen molar-refractivity contribution in [3.8, 4) is 6.07 Å². The van der Waals surface area contributed by atoms with E-state index < -0.39 is 5.92 Å². The van der Waals surface area contributed by atoms with Crippen LogP contribution in [0.5, 0.6) is 0 Å². The molecule has 3 aliphatic rings. The summed E-state index contributed by atoms with van der Waals surface area (Å²) in [6.45, 7) is 8.74. The second-order valence-corrected chi connectivity index (χ2v) is 13.1. The highest BCUT2D eigenvalue weighted by Gasteiger charge is 2.45. The van der Waals surface area contributed by atoms with Gasteiger partial charge in [-0.25, -0.2) is 0 Å². The standard InChI is InChI=1S/C33H44N6O2S/c1-3-39-23(2)30(22-35-25-12-9-13-26(20-25)36-31(40)16-19-38-17-6-7-18-38)42-33(39)28(21-34)32(41)37-29-15-8-11-24-10-4-5-14-27(24)29/h4-5,9-10,12-14,20,23,28-30,33,35H,3,6-8,11,15-19,22H2,1-2H3,(H,36,40)(H,37,41)/t23?,28?,29?,30-,33?/m1/s1. The van der Waals surface area contributed by atoms with Crippen molar-refractivity contribution < 1.29 is 9.59 Å². The molecule has 0 radical (unpaired) electrons. The number of hydrogen-bond donors (Lipinski definition) is 3. The fourth-order valence-electron chi connectivity index (χ4n) is 6.60. The van der Waals surface area contributed by atoms with Gasteiger partial charge in [-0.3, -0.25) is 14.5 Å². The van der Waals surface area contributed by atoms with E-state index in [0.717, 1.165) is 56.8 Å². The fraction of sp³-hybridized carbons (Fsp3) is 0.545. The molecule has 2 fully saturated rings. The average Bonchev–Trinajstić information content (AvgIpc) is 3.63. The van der Waals surface area contributed by atoms with E-state index in [0.29, 0.717) is 13.0 Å². The van der Waals surface area contributed by atoms with Crippen LogP contribution >= 0.6 is 11.8 Å². The molecule has 2 aromatic rings. The predicted molar refractivity (Wildman–Crippen MR) is 170 cm³/mol. The maximum absolute atomic E-state index is 13.5. The van der Waals surface area contributed by atoms with Crippen LogP contribution in [0.3, 0.4) is 0 Å². The lowest BCUT2D eigenvalue weighted by Crippen LogP contribution is -2.46. The van der Waals surface area contributed by atoms with Gasteiger partial charge >= 0.3 is 0 Å². The molecule has 2 aromatic carbocycles. The van der Waals surface area contributed by atoms with Crippen LogP contribution in [0, 0.1) is 17.2 Å². The van der Waals surface area contributed by atoms with Crippen molar-refractivity contribution in [1.29, 1.82) is 5.26 Å². The summed E-state index contributed by atoms with van der Waals surface area (Å²) in [6.07, 6.45) is 5.92. The highest BCUT2D eigenvalue weighted by molar-refractivity contribution is 8.00. The van der Waals surface area contributed by atoms with Gasteiger partial charge in [-0.15, -0.1) is 11.8 Å². The summed E-state index contributed by atoms with van der Waals surface area (Å²) in [7, 11) is 0. The zero-order valence-corrected chi connectivity index (χ0v) is 25.7. The maximum atomic E-state index is 13.5. The molecular formula is C33H44N6O2S. The molecule has 3 N–H and O–H groups in total. The number of nitrogens with one attached hydrogen (secondary N) is 3. The first-order valence-electron chi connectivity index (χ1n) is 15.5. The molecule has 1 aliphatic carbocycles. The molecule has 2 saturated heterocycles. The van der Waals surface area contributed by atoms with E-state index in [1.807, 2.05) is 36.4 Å². The first-order chi connectivity index (χ1) is 20.5. The lowest BCUT2D eigenvalue weighted by atomic mass is 9.87. The number of carbonyl (C=O) groups is 2. The molecular weight excluding hydrogens is 544 g/mol. The van der Waals surface area contributed by atoms with Crippen molar-refractivity contribution in [2.24, 2.45) is 5.92 Å². The summed E-state index contributed by atoms with van der Waals surface area (Å²) >= 11 is 1.72. The summed E-state index contributed by atoms with van der Waals surface area (Å²) in [6, 6.07) is 18.7.